The molecule has 0 aliphatic rings. The Morgan fingerprint density at radius 1 is 1.37 bits per heavy atom. The average molecular weight is 280 g/mol. The normalized spacial score (nSPS) is 12.2. The minimum Gasteiger partial charge on any atom is -0.466 e. The van der Waals surface area contributed by atoms with Crippen LogP contribution in [0.25, 0.3) is 0 Å². The van der Waals surface area contributed by atoms with E-state index in [0.29, 0.717) is 0 Å². The van der Waals surface area contributed by atoms with E-state index in [0.717, 1.165) is 17.1 Å². The molecule has 0 fully saturated rings. The Bertz CT molecular complexity index is 592. The number of hydrogen-bond donors (Lipinski definition) is 1. The fourth-order valence-electron chi connectivity index (χ4n) is 1.86. The third-order valence-corrected chi connectivity index (χ3v) is 2.94. The molecule has 2 heterocycles. The Morgan fingerprint density at radius 2 is 2.11 bits per heavy atom. The van der Waals surface area contributed by atoms with Crippen LogP contribution in [0.5, 0.6) is 0 Å². The molecule has 2 aromatic heterocycles. The summed E-state index contributed by atoms with van der Waals surface area (Å²) in [5.41, 5.74) is 1.18. The predicted molar refractivity (Wildman–Crippen MR) is 71.1 cm³/mol. The number of nitrogens with one attached hydrogen (secondary N) is 1. The van der Waals surface area contributed by atoms with E-state index in [9.17, 15) is 4.79 Å². The van der Waals surface area contributed by atoms with Gasteiger partial charge in [0.15, 0.2) is 0 Å². The summed E-state index contributed by atoms with van der Waals surface area (Å²) in [5, 5.41) is 3.10. The number of nitrogens with zero attached hydrogens (tertiary/aromatic N) is 2. The molecule has 0 saturated carbocycles. The van der Waals surface area contributed by atoms with Crippen molar-refractivity contribution >= 4 is 17.5 Å². The van der Waals surface area contributed by atoms with Crippen molar-refractivity contribution in [2.75, 3.05) is 0 Å². The molecule has 0 radical (unpaired) electrons. The molecule has 0 bridgehead atoms. The number of carbonyl (C=O) groups is 1. The van der Waals surface area contributed by atoms with Gasteiger partial charge in [-0.1, -0.05) is 11.6 Å². The second kappa shape index (κ2) is 5.40. The van der Waals surface area contributed by atoms with Gasteiger partial charge in [0.1, 0.15) is 22.4 Å². The highest BCUT2D eigenvalue weighted by Crippen LogP contribution is 2.21. The number of carbonyl (C=O) groups excluding carboxylic acids is 1. The summed E-state index contributed by atoms with van der Waals surface area (Å²) in [4.78, 5) is 19.7. The van der Waals surface area contributed by atoms with Crippen LogP contribution in [0, 0.1) is 13.8 Å². The van der Waals surface area contributed by atoms with Gasteiger partial charge in [-0.05, 0) is 26.8 Å². The maximum Gasteiger partial charge on any atom is 0.271 e. The molecule has 0 aliphatic heterocycles. The highest BCUT2D eigenvalue weighted by molar-refractivity contribution is 6.29. The van der Waals surface area contributed by atoms with Crippen LogP contribution in [0.4, 0.5) is 0 Å². The largest absolute Gasteiger partial charge is 0.466 e. The lowest BCUT2D eigenvalue weighted by molar-refractivity contribution is 0.0934. The third kappa shape index (κ3) is 3.12. The van der Waals surface area contributed by atoms with E-state index in [1.165, 1.54) is 12.4 Å². The minimum atomic E-state index is -0.296. The zero-order valence-electron chi connectivity index (χ0n) is 10.9. The zero-order chi connectivity index (χ0) is 14.0. The molecule has 1 unspecified atom stereocenters. The maximum absolute atomic E-state index is 12.0. The fourth-order valence-corrected chi connectivity index (χ4v) is 1.96. The van der Waals surface area contributed by atoms with Gasteiger partial charge >= 0.3 is 0 Å². The first-order valence-corrected chi connectivity index (χ1v) is 6.20. The first-order valence-electron chi connectivity index (χ1n) is 5.82. The van der Waals surface area contributed by atoms with Crippen LogP contribution >= 0.6 is 11.6 Å². The van der Waals surface area contributed by atoms with Gasteiger partial charge in [-0.3, -0.25) is 4.79 Å². The first-order chi connectivity index (χ1) is 8.97. The van der Waals surface area contributed by atoms with Crippen molar-refractivity contribution in [2.45, 2.75) is 26.8 Å². The lowest BCUT2D eigenvalue weighted by Crippen LogP contribution is -2.27. The van der Waals surface area contributed by atoms with Crippen molar-refractivity contribution in [2.24, 2.45) is 0 Å². The standard InChI is InChI=1S/C13H14ClN3O2/c1-7-4-10(9(3)19-7)8(2)17-13(18)11-5-16-12(14)6-15-11/h4-6,8H,1-3H3,(H,17,18). The average Bonchev–Trinajstić information content (AvgIpc) is 2.69. The lowest BCUT2D eigenvalue weighted by atomic mass is 10.1. The number of aromatic nitrogens is 2. The smallest absolute Gasteiger partial charge is 0.271 e. The second-order valence-electron chi connectivity index (χ2n) is 4.29. The van der Waals surface area contributed by atoms with Gasteiger partial charge in [-0.25, -0.2) is 9.97 Å². The van der Waals surface area contributed by atoms with Gasteiger partial charge in [0, 0.05) is 5.56 Å². The highest BCUT2D eigenvalue weighted by atomic mass is 35.5. The summed E-state index contributed by atoms with van der Waals surface area (Å²) < 4.78 is 5.44. The van der Waals surface area contributed by atoms with Crippen LogP contribution in [0.1, 0.15) is 40.5 Å². The zero-order valence-corrected chi connectivity index (χ0v) is 11.7. The van der Waals surface area contributed by atoms with E-state index >= 15 is 0 Å². The number of furan rings is 1. The highest BCUT2D eigenvalue weighted by Gasteiger charge is 2.16. The Hall–Kier alpha value is -1.88. The van der Waals surface area contributed by atoms with Crippen LogP contribution in [-0.2, 0) is 0 Å². The van der Waals surface area contributed by atoms with Crippen molar-refractivity contribution in [3.63, 3.8) is 0 Å². The predicted octanol–water partition coefficient (Wildman–Crippen LogP) is 2.83. The van der Waals surface area contributed by atoms with Gasteiger partial charge in [0.25, 0.3) is 5.91 Å². The van der Waals surface area contributed by atoms with Gasteiger partial charge in [0.2, 0.25) is 0 Å². The van der Waals surface area contributed by atoms with E-state index in [1.54, 1.807) is 0 Å². The molecule has 0 aromatic carbocycles. The van der Waals surface area contributed by atoms with Gasteiger partial charge in [-0.15, -0.1) is 0 Å². The Morgan fingerprint density at radius 3 is 2.63 bits per heavy atom. The molecule has 1 N–H and O–H groups in total. The molecular formula is C13H14ClN3O2. The van der Waals surface area contributed by atoms with Crippen molar-refractivity contribution in [1.29, 1.82) is 0 Å². The quantitative estimate of drug-likeness (QED) is 0.938. The summed E-state index contributed by atoms with van der Waals surface area (Å²) in [5.74, 6) is 1.32. The summed E-state index contributed by atoms with van der Waals surface area (Å²) in [7, 11) is 0. The Kier molecular flexibility index (Phi) is 3.85. The summed E-state index contributed by atoms with van der Waals surface area (Å²) in [6.45, 7) is 5.63. The summed E-state index contributed by atoms with van der Waals surface area (Å²) in [6.07, 6.45) is 2.69. The van der Waals surface area contributed by atoms with Gasteiger partial charge < -0.3 is 9.73 Å². The second-order valence-corrected chi connectivity index (χ2v) is 4.68. The molecule has 0 aliphatic carbocycles. The Labute approximate surface area is 116 Å². The van der Waals surface area contributed by atoms with E-state index in [-0.39, 0.29) is 22.8 Å². The van der Waals surface area contributed by atoms with Crippen LogP contribution in [0.2, 0.25) is 5.15 Å². The van der Waals surface area contributed by atoms with E-state index in [2.05, 4.69) is 15.3 Å². The molecule has 2 aromatic rings. The number of halogens is 1. The van der Waals surface area contributed by atoms with Crippen LogP contribution in [0.3, 0.4) is 0 Å². The summed E-state index contributed by atoms with van der Waals surface area (Å²) >= 11 is 5.62. The van der Waals surface area contributed by atoms with Gasteiger partial charge in [0.05, 0.1) is 18.4 Å². The van der Waals surface area contributed by atoms with Crippen molar-refractivity contribution in [1.82, 2.24) is 15.3 Å². The van der Waals surface area contributed by atoms with E-state index in [4.69, 9.17) is 16.0 Å². The molecule has 0 spiro atoms. The van der Waals surface area contributed by atoms with Crippen LogP contribution in [-0.4, -0.2) is 15.9 Å². The monoisotopic (exact) mass is 279 g/mol. The number of aryl methyl sites for hydroxylation is 2. The molecular weight excluding hydrogens is 266 g/mol. The van der Waals surface area contributed by atoms with Crippen molar-refractivity contribution < 1.29 is 9.21 Å². The van der Waals surface area contributed by atoms with E-state index < -0.39 is 0 Å². The number of hydrogen-bond acceptors (Lipinski definition) is 4. The fraction of sp³-hybridized carbons (Fsp3) is 0.308. The molecule has 19 heavy (non-hydrogen) atoms. The minimum absolute atomic E-state index is 0.164. The summed E-state index contributed by atoms with van der Waals surface area (Å²) in [6, 6.07) is 1.75. The molecule has 1 atom stereocenters. The topological polar surface area (TPSA) is 68.0 Å². The van der Waals surface area contributed by atoms with Gasteiger partial charge in [-0.2, -0.15) is 0 Å². The molecule has 100 valence electrons. The molecule has 1 amide bonds. The maximum atomic E-state index is 12.0. The lowest BCUT2D eigenvalue weighted by Gasteiger charge is -2.12. The third-order valence-electron chi connectivity index (χ3n) is 2.75. The molecule has 2 rings (SSSR count). The molecule has 0 saturated heterocycles. The van der Waals surface area contributed by atoms with Crippen LogP contribution < -0.4 is 5.32 Å². The van der Waals surface area contributed by atoms with Crippen molar-refractivity contribution in [3.05, 3.63) is 46.4 Å². The number of rotatable bonds is 3. The number of amides is 1. The molecule has 6 heteroatoms. The Balaban J connectivity index is 2.10. The first kappa shape index (κ1) is 13.5. The van der Waals surface area contributed by atoms with Crippen LogP contribution in [0.15, 0.2) is 22.9 Å². The van der Waals surface area contributed by atoms with Crippen molar-refractivity contribution in [3.8, 4) is 0 Å². The SMILES string of the molecule is Cc1cc(C(C)NC(=O)c2cnc(Cl)cn2)c(C)o1. The molecule has 5 nitrogen and oxygen atoms in total. The van der Waals surface area contributed by atoms with E-state index in [1.807, 2.05) is 26.8 Å².